The third-order valence-corrected chi connectivity index (χ3v) is 3.38. The number of aliphatic hydroxyl groups excluding tert-OH is 1. The lowest BCUT2D eigenvalue weighted by Crippen LogP contribution is -1.90. The molecule has 0 spiro atoms. The van der Waals surface area contributed by atoms with Crippen molar-refractivity contribution < 1.29 is 5.11 Å². The molecule has 0 fully saturated rings. The zero-order valence-corrected chi connectivity index (χ0v) is 11.6. The van der Waals surface area contributed by atoms with E-state index in [2.05, 4.69) is 28.2 Å². The van der Waals surface area contributed by atoms with Crippen molar-refractivity contribution in [2.24, 2.45) is 0 Å². The Balaban J connectivity index is 1.84. The number of hydrogen-bond donors (Lipinski definition) is 1. The SMILES string of the molecule is OCCc1ccc(-c2ccc(-c3ccccn3)nc2)cc1. The van der Waals surface area contributed by atoms with Crippen LogP contribution in [-0.4, -0.2) is 21.7 Å². The minimum atomic E-state index is 0.180. The first-order valence-corrected chi connectivity index (χ1v) is 6.94. The molecule has 1 aromatic carbocycles. The maximum atomic E-state index is 8.93. The van der Waals surface area contributed by atoms with Gasteiger partial charge in [-0.05, 0) is 35.7 Å². The number of hydrogen-bond acceptors (Lipinski definition) is 3. The van der Waals surface area contributed by atoms with Crippen LogP contribution in [0.15, 0.2) is 67.0 Å². The molecule has 3 rings (SSSR count). The van der Waals surface area contributed by atoms with E-state index in [1.54, 1.807) is 6.20 Å². The van der Waals surface area contributed by atoms with Crippen LogP contribution in [0, 0.1) is 0 Å². The van der Waals surface area contributed by atoms with Gasteiger partial charge in [-0.2, -0.15) is 0 Å². The van der Waals surface area contributed by atoms with E-state index < -0.39 is 0 Å². The highest BCUT2D eigenvalue weighted by atomic mass is 16.2. The van der Waals surface area contributed by atoms with Gasteiger partial charge in [-0.3, -0.25) is 9.97 Å². The molecule has 3 heteroatoms. The number of nitrogens with zero attached hydrogens (tertiary/aromatic N) is 2. The molecule has 0 saturated heterocycles. The van der Waals surface area contributed by atoms with Gasteiger partial charge in [0.2, 0.25) is 0 Å². The second-order valence-electron chi connectivity index (χ2n) is 4.82. The zero-order chi connectivity index (χ0) is 14.5. The number of benzene rings is 1. The molecule has 2 aromatic heterocycles. The van der Waals surface area contributed by atoms with E-state index in [1.165, 1.54) is 0 Å². The fraction of sp³-hybridized carbons (Fsp3) is 0.111. The Morgan fingerprint density at radius 3 is 2.14 bits per heavy atom. The molecule has 0 amide bonds. The lowest BCUT2D eigenvalue weighted by atomic mass is 10.0. The quantitative estimate of drug-likeness (QED) is 0.795. The number of aliphatic hydroxyl groups is 1. The van der Waals surface area contributed by atoms with Gasteiger partial charge in [0.25, 0.3) is 0 Å². The summed E-state index contributed by atoms with van der Waals surface area (Å²) in [5.74, 6) is 0. The molecule has 104 valence electrons. The van der Waals surface area contributed by atoms with Crippen molar-refractivity contribution in [2.75, 3.05) is 6.61 Å². The molecular formula is C18H16N2O. The largest absolute Gasteiger partial charge is 0.396 e. The molecular weight excluding hydrogens is 260 g/mol. The van der Waals surface area contributed by atoms with Crippen molar-refractivity contribution in [1.29, 1.82) is 0 Å². The molecule has 3 aromatic rings. The van der Waals surface area contributed by atoms with Crippen molar-refractivity contribution >= 4 is 0 Å². The zero-order valence-electron chi connectivity index (χ0n) is 11.6. The normalized spacial score (nSPS) is 10.5. The van der Waals surface area contributed by atoms with Crippen molar-refractivity contribution in [2.45, 2.75) is 6.42 Å². The number of aromatic nitrogens is 2. The first kappa shape index (κ1) is 13.5. The number of pyridine rings is 2. The van der Waals surface area contributed by atoms with E-state index >= 15 is 0 Å². The average molecular weight is 276 g/mol. The molecule has 0 radical (unpaired) electrons. The van der Waals surface area contributed by atoms with Crippen LogP contribution in [0.5, 0.6) is 0 Å². The third kappa shape index (κ3) is 3.15. The van der Waals surface area contributed by atoms with Gasteiger partial charge in [-0.1, -0.05) is 36.4 Å². The van der Waals surface area contributed by atoms with Gasteiger partial charge in [0.1, 0.15) is 0 Å². The second kappa shape index (κ2) is 6.29. The van der Waals surface area contributed by atoms with Gasteiger partial charge in [0.05, 0.1) is 11.4 Å². The summed E-state index contributed by atoms with van der Waals surface area (Å²) < 4.78 is 0. The minimum Gasteiger partial charge on any atom is -0.396 e. The number of rotatable bonds is 4. The summed E-state index contributed by atoms with van der Waals surface area (Å²) in [6, 6.07) is 18.0. The Morgan fingerprint density at radius 1 is 0.762 bits per heavy atom. The molecule has 3 nitrogen and oxygen atoms in total. The third-order valence-electron chi connectivity index (χ3n) is 3.38. The molecule has 0 aliphatic carbocycles. The molecule has 1 N–H and O–H groups in total. The maximum Gasteiger partial charge on any atom is 0.0886 e. The summed E-state index contributed by atoms with van der Waals surface area (Å²) in [5.41, 5.74) is 5.08. The van der Waals surface area contributed by atoms with E-state index in [9.17, 15) is 0 Å². The Morgan fingerprint density at radius 2 is 1.52 bits per heavy atom. The van der Waals surface area contributed by atoms with Gasteiger partial charge < -0.3 is 5.11 Å². The topological polar surface area (TPSA) is 46.0 Å². The van der Waals surface area contributed by atoms with Crippen LogP contribution >= 0.6 is 0 Å². The van der Waals surface area contributed by atoms with Crippen LogP contribution in [0.25, 0.3) is 22.5 Å². The van der Waals surface area contributed by atoms with Gasteiger partial charge in [-0.25, -0.2) is 0 Å². The predicted molar refractivity (Wildman–Crippen MR) is 83.7 cm³/mol. The van der Waals surface area contributed by atoms with E-state index in [0.29, 0.717) is 6.42 Å². The molecule has 0 aliphatic heterocycles. The van der Waals surface area contributed by atoms with E-state index in [-0.39, 0.29) is 6.61 Å². The monoisotopic (exact) mass is 276 g/mol. The highest BCUT2D eigenvalue weighted by Crippen LogP contribution is 2.22. The highest BCUT2D eigenvalue weighted by molar-refractivity contribution is 5.65. The summed E-state index contributed by atoms with van der Waals surface area (Å²) in [4.78, 5) is 8.78. The minimum absolute atomic E-state index is 0.180. The fourth-order valence-electron chi connectivity index (χ4n) is 2.22. The average Bonchev–Trinajstić information content (AvgIpc) is 2.57. The smallest absolute Gasteiger partial charge is 0.0886 e. The highest BCUT2D eigenvalue weighted by Gasteiger charge is 2.02. The lowest BCUT2D eigenvalue weighted by Gasteiger charge is -2.05. The molecule has 0 bridgehead atoms. The van der Waals surface area contributed by atoms with Crippen LogP contribution in [0.1, 0.15) is 5.56 Å². The lowest BCUT2D eigenvalue weighted by molar-refractivity contribution is 0.299. The first-order valence-electron chi connectivity index (χ1n) is 6.94. The van der Waals surface area contributed by atoms with Gasteiger partial charge >= 0.3 is 0 Å². The van der Waals surface area contributed by atoms with Crippen molar-refractivity contribution in [1.82, 2.24) is 9.97 Å². The van der Waals surface area contributed by atoms with E-state index in [4.69, 9.17) is 5.11 Å². The van der Waals surface area contributed by atoms with E-state index in [1.807, 2.05) is 42.6 Å². The Kier molecular flexibility index (Phi) is 4.03. The summed E-state index contributed by atoms with van der Waals surface area (Å²) in [5, 5.41) is 8.93. The van der Waals surface area contributed by atoms with Crippen molar-refractivity contribution in [3.05, 3.63) is 72.6 Å². The van der Waals surface area contributed by atoms with Crippen molar-refractivity contribution in [3.8, 4) is 22.5 Å². The Bertz CT molecular complexity index is 692. The van der Waals surface area contributed by atoms with E-state index in [0.717, 1.165) is 28.1 Å². The van der Waals surface area contributed by atoms with Gasteiger partial charge in [-0.15, -0.1) is 0 Å². The molecule has 2 heterocycles. The van der Waals surface area contributed by atoms with Crippen molar-refractivity contribution in [3.63, 3.8) is 0 Å². The first-order chi connectivity index (χ1) is 10.4. The second-order valence-corrected chi connectivity index (χ2v) is 4.82. The van der Waals surface area contributed by atoms with Crippen LogP contribution in [0.4, 0.5) is 0 Å². The van der Waals surface area contributed by atoms with Crippen LogP contribution in [0.3, 0.4) is 0 Å². The van der Waals surface area contributed by atoms with Crippen LogP contribution in [0.2, 0.25) is 0 Å². The van der Waals surface area contributed by atoms with Gasteiger partial charge in [0, 0.05) is 24.6 Å². The maximum absolute atomic E-state index is 8.93. The molecule has 0 aliphatic rings. The molecule has 0 unspecified atom stereocenters. The standard InChI is InChI=1S/C18H16N2O/c21-12-10-14-4-6-15(7-5-14)16-8-9-18(20-13-16)17-3-1-2-11-19-17/h1-9,11,13,21H,10,12H2. The van der Waals surface area contributed by atoms with Crippen LogP contribution in [-0.2, 0) is 6.42 Å². The predicted octanol–water partition coefficient (Wildman–Crippen LogP) is 3.35. The Hall–Kier alpha value is -2.52. The summed E-state index contributed by atoms with van der Waals surface area (Å²) in [7, 11) is 0. The molecule has 0 atom stereocenters. The fourth-order valence-corrected chi connectivity index (χ4v) is 2.22. The summed E-state index contributed by atoms with van der Waals surface area (Å²) in [6.45, 7) is 0.180. The van der Waals surface area contributed by atoms with Gasteiger partial charge in [0.15, 0.2) is 0 Å². The molecule has 21 heavy (non-hydrogen) atoms. The van der Waals surface area contributed by atoms with Crippen LogP contribution < -0.4 is 0 Å². The summed E-state index contributed by atoms with van der Waals surface area (Å²) >= 11 is 0. The Labute approximate surface area is 124 Å². The molecule has 0 saturated carbocycles. The summed E-state index contributed by atoms with van der Waals surface area (Å²) in [6.07, 6.45) is 4.33.